The first-order chi connectivity index (χ1) is 7.15. The molecule has 1 amide bonds. The van der Waals surface area contributed by atoms with E-state index in [0.717, 1.165) is 12.8 Å². The highest BCUT2D eigenvalue weighted by atomic mass is 35.5. The van der Waals surface area contributed by atoms with E-state index in [9.17, 15) is 4.79 Å². The molecule has 4 heteroatoms. The average molecular weight is 227 g/mol. The van der Waals surface area contributed by atoms with Crippen molar-refractivity contribution in [1.29, 1.82) is 0 Å². The minimum absolute atomic E-state index is 0.0448. The molecule has 82 valence electrons. The highest BCUT2D eigenvalue weighted by molar-refractivity contribution is 6.34. The van der Waals surface area contributed by atoms with Crippen LogP contribution >= 0.6 is 11.6 Å². The lowest BCUT2D eigenvalue weighted by molar-refractivity contribution is -0.116. The van der Waals surface area contributed by atoms with Gasteiger partial charge in [0, 0.05) is 6.42 Å². The molecule has 1 aromatic rings. The first-order valence-electron chi connectivity index (χ1n) is 4.99. The normalized spacial score (nSPS) is 10.0. The number of benzene rings is 1. The van der Waals surface area contributed by atoms with Crippen LogP contribution in [0.3, 0.4) is 0 Å². The van der Waals surface area contributed by atoms with E-state index in [2.05, 4.69) is 5.32 Å². The number of nitrogens with two attached hydrogens (primary N) is 1. The van der Waals surface area contributed by atoms with Gasteiger partial charge in [-0.1, -0.05) is 31.0 Å². The van der Waals surface area contributed by atoms with Crippen LogP contribution in [0.15, 0.2) is 18.2 Å². The zero-order valence-electron chi connectivity index (χ0n) is 8.72. The number of halogens is 1. The lowest BCUT2D eigenvalue weighted by Gasteiger charge is -2.09. The van der Waals surface area contributed by atoms with Crippen LogP contribution in [-0.2, 0) is 4.79 Å². The third-order valence-corrected chi connectivity index (χ3v) is 2.38. The monoisotopic (exact) mass is 226 g/mol. The van der Waals surface area contributed by atoms with Gasteiger partial charge in [0.2, 0.25) is 5.91 Å². The van der Waals surface area contributed by atoms with Crippen molar-refractivity contribution >= 4 is 28.9 Å². The molecule has 0 bridgehead atoms. The van der Waals surface area contributed by atoms with E-state index in [4.69, 9.17) is 17.3 Å². The van der Waals surface area contributed by atoms with Crippen LogP contribution in [0.5, 0.6) is 0 Å². The number of para-hydroxylation sites is 1. The third kappa shape index (κ3) is 3.44. The number of anilines is 2. The first kappa shape index (κ1) is 11.9. The summed E-state index contributed by atoms with van der Waals surface area (Å²) in [6.45, 7) is 2.04. The average Bonchev–Trinajstić information content (AvgIpc) is 2.21. The zero-order chi connectivity index (χ0) is 11.3. The van der Waals surface area contributed by atoms with E-state index in [-0.39, 0.29) is 5.91 Å². The van der Waals surface area contributed by atoms with Gasteiger partial charge in [0.25, 0.3) is 0 Å². The molecule has 0 fully saturated rings. The van der Waals surface area contributed by atoms with Gasteiger partial charge >= 0.3 is 0 Å². The third-order valence-electron chi connectivity index (χ3n) is 2.07. The van der Waals surface area contributed by atoms with Gasteiger partial charge in [-0.2, -0.15) is 0 Å². The standard InChI is InChI=1S/C11H15ClN2O/c1-2-3-7-10(15)14-11-8(12)5-4-6-9(11)13/h4-6H,2-3,7,13H2,1H3,(H,14,15). The van der Waals surface area contributed by atoms with Gasteiger partial charge in [-0.15, -0.1) is 0 Å². The van der Waals surface area contributed by atoms with Crippen LogP contribution in [0.2, 0.25) is 5.02 Å². The Kier molecular flexibility index (Phi) is 4.43. The summed E-state index contributed by atoms with van der Waals surface area (Å²) < 4.78 is 0. The predicted octanol–water partition coefficient (Wildman–Crippen LogP) is 3.05. The summed E-state index contributed by atoms with van der Waals surface area (Å²) in [6.07, 6.45) is 2.36. The van der Waals surface area contributed by atoms with Crippen LogP contribution in [0.25, 0.3) is 0 Å². The lowest BCUT2D eigenvalue weighted by Crippen LogP contribution is -2.12. The Morgan fingerprint density at radius 3 is 2.87 bits per heavy atom. The summed E-state index contributed by atoms with van der Waals surface area (Å²) in [7, 11) is 0. The first-order valence-corrected chi connectivity index (χ1v) is 5.36. The van der Waals surface area contributed by atoms with Gasteiger partial charge in [0.15, 0.2) is 0 Å². The maximum atomic E-state index is 11.5. The zero-order valence-corrected chi connectivity index (χ0v) is 9.47. The van der Waals surface area contributed by atoms with Crippen molar-refractivity contribution in [2.24, 2.45) is 0 Å². The largest absolute Gasteiger partial charge is 0.397 e. The molecule has 1 rings (SSSR count). The number of carbonyl (C=O) groups excluding carboxylic acids is 1. The number of rotatable bonds is 4. The number of nitrogen functional groups attached to an aromatic ring is 1. The SMILES string of the molecule is CCCCC(=O)Nc1c(N)cccc1Cl. The molecule has 0 spiro atoms. The summed E-state index contributed by atoms with van der Waals surface area (Å²) in [5.41, 5.74) is 6.71. The minimum atomic E-state index is -0.0448. The Balaban J connectivity index is 2.68. The van der Waals surface area contributed by atoms with Crippen LogP contribution in [0.4, 0.5) is 11.4 Å². The van der Waals surface area contributed by atoms with E-state index in [0.29, 0.717) is 22.8 Å². The van der Waals surface area contributed by atoms with Crippen LogP contribution < -0.4 is 11.1 Å². The molecule has 3 N–H and O–H groups in total. The topological polar surface area (TPSA) is 55.1 Å². The second-order valence-corrected chi connectivity index (χ2v) is 3.76. The number of carbonyl (C=O) groups is 1. The minimum Gasteiger partial charge on any atom is -0.397 e. The Bertz CT molecular complexity index is 332. The quantitative estimate of drug-likeness (QED) is 0.776. The molecule has 0 saturated heterocycles. The van der Waals surface area contributed by atoms with E-state index in [1.165, 1.54) is 0 Å². The van der Waals surface area contributed by atoms with Gasteiger partial charge in [-0.3, -0.25) is 4.79 Å². The van der Waals surface area contributed by atoms with E-state index in [1.54, 1.807) is 18.2 Å². The van der Waals surface area contributed by atoms with Crippen molar-refractivity contribution in [1.82, 2.24) is 0 Å². The van der Waals surface area contributed by atoms with Gasteiger partial charge in [0.1, 0.15) is 0 Å². The fourth-order valence-corrected chi connectivity index (χ4v) is 1.44. The number of hydrogen-bond donors (Lipinski definition) is 2. The van der Waals surface area contributed by atoms with Gasteiger partial charge in [0.05, 0.1) is 16.4 Å². The van der Waals surface area contributed by atoms with Crippen molar-refractivity contribution < 1.29 is 4.79 Å². The summed E-state index contributed by atoms with van der Waals surface area (Å²) in [5.74, 6) is -0.0448. The number of nitrogens with one attached hydrogen (secondary N) is 1. The van der Waals surface area contributed by atoms with Crippen molar-refractivity contribution in [2.45, 2.75) is 26.2 Å². The molecule has 15 heavy (non-hydrogen) atoms. The van der Waals surface area contributed by atoms with E-state index < -0.39 is 0 Å². The molecule has 0 aromatic heterocycles. The summed E-state index contributed by atoms with van der Waals surface area (Å²) >= 11 is 5.91. The molecular formula is C11H15ClN2O. The van der Waals surface area contributed by atoms with Crippen molar-refractivity contribution in [3.8, 4) is 0 Å². The van der Waals surface area contributed by atoms with Crippen molar-refractivity contribution in [2.75, 3.05) is 11.1 Å². The second-order valence-electron chi connectivity index (χ2n) is 3.36. The molecule has 0 atom stereocenters. The molecule has 0 unspecified atom stereocenters. The molecule has 0 aliphatic carbocycles. The number of unbranched alkanes of at least 4 members (excludes halogenated alkanes) is 1. The molecular weight excluding hydrogens is 212 g/mol. The second kappa shape index (κ2) is 5.61. The Morgan fingerprint density at radius 2 is 2.27 bits per heavy atom. The van der Waals surface area contributed by atoms with Gasteiger partial charge in [-0.25, -0.2) is 0 Å². The van der Waals surface area contributed by atoms with Crippen LogP contribution in [0.1, 0.15) is 26.2 Å². The molecule has 0 heterocycles. The van der Waals surface area contributed by atoms with Crippen LogP contribution in [-0.4, -0.2) is 5.91 Å². The van der Waals surface area contributed by atoms with E-state index in [1.807, 2.05) is 6.92 Å². The smallest absolute Gasteiger partial charge is 0.224 e. The fraction of sp³-hybridized carbons (Fsp3) is 0.364. The number of amides is 1. The predicted molar refractivity (Wildman–Crippen MR) is 64.0 cm³/mol. The highest BCUT2D eigenvalue weighted by Gasteiger charge is 2.07. The molecule has 0 radical (unpaired) electrons. The fourth-order valence-electron chi connectivity index (χ4n) is 1.21. The van der Waals surface area contributed by atoms with Crippen LogP contribution in [0, 0.1) is 0 Å². The summed E-state index contributed by atoms with van der Waals surface area (Å²) in [4.78, 5) is 11.5. The summed E-state index contributed by atoms with van der Waals surface area (Å²) in [5, 5.41) is 3.19. The number of hydrogen-bond acceptors (Lipinski definition) is 2. The Morgan fingerprint density at radius 1 is 1.53 bits per heavy atom. The highest BCUT2D eigenvalue weighted by Crippen LogP contribution is 2.27. The Labute approximate surface area is 94.6 Å². The molecule has 0 saturated carbocycles. The van der Waals surface area contributed by atoms with Gasteiger partial charge < -0.3 is 11.1 Å². The summed E-state index contributed by atoms with van der Waals surface area (Å²) in [6, 6.07) is 5.16. The maximum Gasteiger partial charge on any atom is 0.224 e. The molecule has 0 aliphatic rings. The maximum absolute atomic E-state index is 11.5. The van der Waals surface area contributed by atoms with Crippen molar-refractivity contribution in [3.63, 3.8) is 0 Å². The molecule has 3 nitrogen and oxygen atoms in total. The molecule has 1 aromatic carbocycles. The lowest BCUT2D eigenvalue weighted by atomic mass is 10.2. The Hall–Kier alpha value is -1.22. The van der Waals surface area contributed by atoms with Gasteiger partial charge in [-0.05, 0) is 18.6 Å². The molecule has 0 aliphatic heterocycles. The van der Waals surface area contributed by atoms with E-state index >= 15 is 0 Å². The van der Waals surface area contributed by atoms with Crippen molar-refractivity contribution in [3.05, 3.63) is 23.2 Å².